The summed E-state index contributed by atoms with van der Waals surface area (Å²) in [5.74, 6) is 2.69. The second-order valence-corrected chi connectivity index (χ2v) is 4.92. The molecule has 0 spiro atoms. The first-order chi connectivity index (χ1) is 9.81. The van der Waals surface area contributed by atoms with Gasteiger partial charge in [0.25, 0.3) is 0 Å². The van der Waals surface area contributed by atoms with E-state index >= 15 is 0 Å². The molecule has 0 radical (unpaired) electrons. The van der Waals surface area contributed by atoms with E-state index in [9.17, 15) is 4.79 Å². The Morgan fingerprint density at radius 1 is 0.900 bits per heavy atom. The molecule has 0 atom stereocenters. The summed E-state index contributed by atoms with van der Waals surface area (Å²) in [5.41, 5.74) is 0. The molecule has 1 aliphatic carbocycles. The van der Waals surface area contributed by atoms with Gasteiger partial charge in [0.2, 0.25) is 0 Å². The molecule has 0 unspecified atom stereocenters. The predicted octanol–water partition coefficient (Wildman–Crippen LogP) is 3.84. The maximum atomic E-state index is 11.5. The third-order valence-corrected chi connectivity index (χ3v) is 3.22. The predicted molar refractivity (Wildman–Crippen MR) is 76.2 cm³/mol. The van der Waals surface area contributed by atoms with Crippen molar-refractivity contribution in [1.29, 1.82) is 0 Å². The van der Waals surface area contributed by atoms with Crippen LogP contribution in [0.2, 0.25) is 0 Å². The molecule has 1 saturated carbocycles. The quantitative estimate of drug-likeness (QED) is 0.798. The van der Waals surface area contributed by atoms with Gasteiger partial charge in [0.05, 0.1) is 0 Å². The third-order valence-electron chi connectivity index (χ3n) is 3.22. The molecule has 102 valence electrons. The highest BCUT2D eigenvalue weighted by Gasteiger charge is 2.29. The van der Waals surface area contributed by atoms with Crippen molar-refractivity contribution in [3.63, 3.8) is 0 Å². The van der Waals surface area contributed by atoms with Crippen molar-refractivity contribution < 1.29 is 14.3 Å². The highest BCUT2D eigenvalue weighted by atomic mass is 16.5. The summed E-state index contributed by atoms with van der Waals surface area (Å²) >= 11 is 0. The van der Waals surface area contributed by atoms with E-state index in [1.165, 1.54) is 0 Å². The second kappa shape index (κ2) is 5.78. The molecule has 0 bridgehead atoms. The Morgan fingerprint density at radius 2 is 1.50 bits per heavy atom. The number of carbonyl (C=O) groups is 1. The van der Waals surface area contributed by atoms with Gasteiger partial charge < -0.3 is 9.47 Å². The maximum absolute atomic E-state index is 11.5. The van der Waals surface area contributed by atoms with Crippen molar-refractivity contribution >= 4 is 5.78 Å². The van der Waals surface area contributed by atoms with Crippen molar-refractivity contribution in [2.75, 3.05) is 6.61 Å². The molecule has 3 nitrogen and oxygen atoms in total. The summed E-state index contributed by atoms with van der Waals surface area (Å²) in [6, 6.07) is 16.9. The van der Waals surface area contributed by atoms with Gasteiger partial charge in [-0.3, -0.25) is 4.79 Å². The zero-order valence-corrected chi connectivity index (χ0v) is 11.1. The smallest absolute Gasteiger partial charge is 0.173 e. The second-order valence-electron chi connectivity index (χ2n) is 4.92. The summed E-state index contributed by atoms with van der Waals surface area (Å²) in [5, 5.41) is 0. The van der Waals surface area contributed by atoms with E-state index < -0.39 is 0 Å². The van der Waals surface area contributed by atoms with Crippen molar-refractivity contribution in [2.24, 2.45) is 5.92 Å². The zero-order valence-electron chi connectivity index (χ0n) is 11.1. The number of para-hydroxylation sites is 1. The Labute approximate surface area is 118 Å². The molecule has 3 rings (SSSR count). The lowest BCUT2D eigenvalue weighted by molar-refractivity contribution is -0.122. The number of hydrogen-bond donors (Lipinski definition) is 0. The molecule has 0 aromatic heterocycles. The number of ether oxygens (including phenoxy) is 2. The highest BCUT2D eigenvalue weighted by Crippen LogP contribution is 2.30. The Bertz CT molecular complexity index is 571. The van der Waals surface area contributed by atoms with E-state index in [1.807, 2.05) is 54.6 Å². The number of ketones is 1. The van der Waals surface area contributed by atoms with Crippen LogP contribution in [0.15, 0.2) is 54.6 Å². The first kappa shape index (κ1) is 12.7. The summed E-state index contributed by atoms with van der Waals surface area (Å²) < 4.78 is 11.2. The normalized spacial score (nSPS) is 13.8. The molecular formula is C17H16O3. The van der Waals surface area contributed by atoms with E-state index in [0.29, 0.717) is 5.75 Å². The van der Waals surface area contributed by atoms with Gasteiger partial charge in [-0.1, -0.05) is 18.2 Å². The molecule has 20 heavy (non-hydrogen) atoms. The van der Waals surface area contributed by atoms with E-state index in [4.69, 9.17) is 9.47 Å². The van der Waals surface area contributed by atoms with Gasteiger partial charge in [-0.05, 0) is 49.2 Å². The third kappa shape index (κ3) is 3.38. The fourth-order valence-electron chi connectivity index (χ4n) is 1.91. The maximum Gasteiger partial charge on any atom is 0.173 e. The lowest BCUT2D eigenvalue weighted by Gasteiger charge is -2.08. The first-order valence-electron chi connectivity index (χ1n) is 6.80. The standard InChI is InChI=1S/C17H16O3/c18-17(13-6-7-13)12-19-14-8-10-16(11-9-14)20-15-4-2-1-3-5-15/h1-5,8-11,13H,6-7,12H2. The van der Waals surface area contributed by atoms with Crippen molar-refractivity contribution in [3.8, 4) is 17.2 Å². The van der Waals surface area contributed by atoms with Crippen LogP contribution in [-0.4, -0.2) is 12.4 Å². The van der Waals surface area contributed by atoms with Crippen LogP contribution < -0.4 is 9.47 Å². The Kier molecular flexibility index (Phi) is 3.68. The zero-order chi connectivity index (χ0) is 13.8. The first-order valence-corrected chi connectivity index (χ1v) is 6.80. The number of hydrogen-bond acceptors (Lipinski definition) is 3. The minimum Gasteiger partial charge on any atom is -0.486 e. The Hall–Kier alpha value is -2.29. The summed E-state index contributed by atoms with van der Waals surface area (Å²) in [4.78, 5) is 11.5. The fourth-order valence-corrected chi connectivity index (χ4v) is 1.91. The SMILES string of the molecule is O=C(COc1ccc(Oc2ccccc2)cc1)C1CC1. The van der Waals surface area contributed by atoms with Crippen LogP contribution in [0.4, 0.5) is 0 Å². The van der Waals surface area contributed by atoms with Crippen LogP contribution in [0, 0.1) is 5.92 Å². The molecule has 0 amide bonds. The van der Waals surface area contributed by atoms with Crippen LogP contribution in [0.25, 0.3) is 0 Å². The molecule has 2 aromatic rings. The van der Waals surface area contributed by atoms with Crippen LogP contribution in [0.3, 0.4) is 0 Å². The van der Waals surface area contributed by atoms with Crippen LogP contribution >= 0.6 is 0 Å². The van der Waals surface area contributed by atoms with Gasteiger partial charge in [0.1, 0.15) is 23.9 Å². The van der Waals surface area contributed by atoms with E-state index in [1.54, 1.807) is 0 Å². The number of rotatable bonds is 6. The summed E-state index contributed by atoms with van der Waals surface area (Å²) in [7, 11) is 0. The average Bonchev–Trinajstić information content (AvgIpc) is 3.32. The van der Waals surface area contributed by atoms with Gasteiger partial charge in [-0.15, -0.1) is 0 Å². The molecule has 0 heterocycles. The highest BCUT2D eigenvalue weighted by molar-refractivity contribution is 5.84. The molecule has 1 aliphatic rings. The Balaban J connectivity index is 1.55. The van der Waals surface area contributed by atoms with E-state index in [0.717, 1.165) is 24.3 Å². The van der Waals surface area contributed by atoms with Gasteiger partial charge in [0, 0.05) is 5.92 Å². The largest absolute Gasteiger partial charge is 0.486 e. The molecule has 0 N–H and O–H groups in total. The van der Waals surface area contributed by atoms with Crippen LogP contribution in [-0.2, 0) is 4.79 Å². The topological polar surface area (TPSA) is 35.5 Å². The molecule has 0 saturated heterocycles. The van der Waals surface area contributed by atoms with Crippen LogP contribution in [0.1, 0.15) is 12.8 Å². The van der Waals surface area contributed by atoms with E-state index in [2.05, 4.69) is 0 Å². The fraction of sp³-hybridized carbons (Fsp3) is 0.235. The molecular weight excluding hydrogens is 252 g/mol. The minimum atomic E-state index is 0.170. The van der Waals surface area contributed by atoms with Gasteiger partial charge in [-0.25, -0.2) is 0 Å². The number of benzene rings is 2. The number of carbonyl (C=O) groups excluding carboxylic acids is 1. The lowest BCUT2D eigenvalue weighted by atomic mass is 10.3. The van der Waals surface area contributed by atoms with Gasteiger partial charge >= 0.3 is 0 Å². The lowest BCUT2D eigenvalue weighted by Crippen LogP contribution is -2.12. The average molecular weight is 268 g/mol. The minimum absolute atomic E-state index is 0.170. The van der Waals surface area contributed by atoms with Crippen molar-refractivity contribution in [1.82, 2.24) is 0 Å². The Morgan fingerprint density at radius 3 is 2.15 bits per heavy atom. The monoisotopic (exact) mass is 268 g/mol. The molecule has 2 aromatic carbocycles. The summed E-state index contributed by atoms with van der Waals surface area (Å²) in [6.45, 7) is 0.170. The van der Waals surface area contributed by atoms with Crippen molar-refractivity contribution in [2.45, 2.75) is 12.8 Å². The van der Waals surface area contributed by atoms with Gasteiger partial charge in [-0.2, -0.15) is 0 Å². The van der Waals surface area contributed by atoms with Crippen molar-refractivity contribution in [3.05, 3.63) is 54.6 Å². The molecule has 0 aliphatic heterocycles. The molecule has 3 heteroatoms. The van der Waals surface area contributed by atoms with E-state index in [-0.39, 0.29) is 18.3 Å². The summed E-state index contributed by atoms with van der Waals surface area (Å²) in [6.07, 6.45) is 2.04. The molecule has 1 fully saturated rings. The number of Topliss-reactive ketones (excluding diaryl/α,β-unsaturated/α-hetero) is 1. The van der Waals surface area contributed by atoms with Crippen LogP contribution in [0.5, 0.6) is 17.2 Å². The van der Waals surface area contributed by atoms with Gasteiger partial charge in [0.15, 0.2) is 5.78 Å².